The highest BCUT2D eigenvalue weighted by Gasteiger charge is 2.55. The molecule has 0 spiro atoms. The van der Waals surface area contributed by atoms with Gasteiger partial charge in [-0.15, -0.1) is 0 Å². The summed E-state index contributed by atoms with van der Waals surface area (Å²) < 4.78 is 23.7. The molecule has 0 unspecified atom stereocenters. The van der Waals surface area contributed by atoms with E-state index in [0.717, 1.165) is 22.9 Å². The average Bonchev–Trinajstić information content (AvgIpc) is 3.08. The molecule has 1 aliphatic rings. The van der Waals surface area contributed by atoms with Gasteiger partial charge >= 0.3 is 18.3 Å². The van der Waals surface area contributed by atoms with Gasteiger partial charge in [-0.05, 0) is 44.7 Å². The zero-order valence-electron chi connectivity index (χ0n) is 20.5. The van der Waals surface area contributed by atoms with Crippen molar-refractivity contribution in [2.45, 2.75) is 57.0 Å². The largest absolute Gasteiger partial charge is 0.462 e. The van der Waals surface area contributed by atoms with Crippen molar-refractivity contribution in [2.24, 2.45) is 0 Å². The number of esters is 1. The van der Waals surface area contributed by atoms with Crippen molar-refractivity contribution >= 4 is 24.4 Å². The molecule has 6 atom stereocenters. The zero-order valence-corrected chi connectivity index (χ0v) is 22.2. The van der Waals surface area contributed by atoms with E-state index in [0.29, 0.717) is 5.75 Å². The molecular weight excluding hydrogens is 525 g/mol. The minimum Gasteiger partial charge on any atom is -0.462 e. The van der Waals surface area contributed by atoms with E-state index < -0.39 is 60.5 Å². The molecule has 1 aromatic heterocycles. The van der Waals surface area contributed by atoms with E-state index in [2.05, 4.69) is 16.7 Å². The number of ether oxygens (including phenoxy) is 2. The normalized spacial score (nSPS) is 25.8. The maximum atomic E-state index is 12.4. The van der Waals surface area contributed by atoms with Gasteiger partial charge in [-0.3, -0.25) is 19.1 Å². The van der Waals surface area contributed by atoms with Crippen LogP contribution in [0.2, 0.25) is 0 Å². The van der Waals surface area contributed by atoms with Crippen molar-refractivity contribution in [1.82, 2.24) is 14.6 Å². The Morgan fingerprint density at radius 2 is 2.00 bits per heavy atom. The lowest BCUT2D eigenvalue weighted by molar-refractivity contribution is -0.149. The second-order valence-electron chi connectivity index (χ2n) is 8.61. The van der Waals surface area contributed by atoms with Crippen LogP contribution in [0.1, 0.15) is 27.0 Å². The van der Waals surface area contributed by atoms with Crippen LogP contribution in [0.15, 0.2) is 64.8 Å². The summed E-state index contributed by atoms with van der Waals surface area (Å²) in [6.45, 7) is 4.65. The lowest BCUT2D eigenvalue weighted by atomic mass is 9.94. The van der Waals surface area contributed by atoms with Gasteiger partial charge in [0.25, 0.3) is 5.56 Å². The van der Waals surface area contributed by atoms with Crippen LogP contribution < -0.4 is 20.9 Å². The second-order valence-corrected chi connectivity index (χ2v) is 11.8. The summed E-state index contributed by atoms with van der Waals surface area (Å²) in [6.07, 6.45) is -2.41. The first kappa shape index (κ1) is 28.9. The van der Waals surface area contributed by atoms with E-state index in [1.165, 1.54) is 0 Å². The number of aliphatic hydroxyl groups excluding tert-OH is 1. The van der Waals surface area contributed by atoms with Crippen LogP contribution in [-0.4, -0.2) is 62.3 Å². The fourth-order valence-electron chi connectivity index (χ4n) is 3.55. The highest BCUT2D eigenvalue weighted by Crippen LogP contribution is 2.47. The van der Waals surface area contributed by atoms with Gasteiger partial charge in [-0.1, -0.05) is 30.9 Å². The summed E-state index contributed by atoms with van der Waals surface area (Å²) in [7, 11) is 0. The summed E-state index contributed by atoms with van der Waals surface area (Å²) in [5.74, 6) is -0.198. The number of hydrogen-bond donors (Lipinski definition) is 4. The van der Waals surface area contributed by atoms with E-state index in [9.17, 15) is 24.6 Å². The zero-order chi connectivity index (χ0) is 27.4. The number of benzene rings is 1. The number of carbonyl (C=O) groups is 1. The van der Waals surface area contributed by atoms with E-state index in [1.54, 1.807) is 51.1 Å². The number of aromatic nitrogens is 2. The first-order chi connectivity index (χ1) is 17.4. The Morgan fingerprint density at radius 1 is 1.32 bits per heavy atom. The van der Waals surface area contributed by atoms with Gasteiger partial charge in [0.1, 0.15) is 24.0 Å². The summed E-state index contributed by atoms with van der Waals surface area (Å²) in [5.41, 5.74) is -3.61. The van der Waals surface area contributed by atoms with Crippen molar-refractivity contribution < 1.29 is 33.5 Å². The topological polar surface area (TPSA) is 161 Å². The third-order valence-electron chi connectivity index (χ3n) is 5.39. The number of rotatable bonds is 11. The lowest BCUT2D eigenvalue weighted by Crippen LogP contribution is -2.47. The van der Waals surface area contributed by atoms with Gasteiger partial charge in [0.05, 0.1) is 12.7 Å². The van der Waals surface area contributed by atoms with E-state index >= 15 is 0 Å². The SMILES string of the molecule is C=C[C@@]1(O)[C@H](O)[C@@H](CO[P@@](=S)(N[C@@H](C)C(=O)OC(C)C)Oc2ccccc2)O[C@H]1n1ccc(=O)[nH]c1=O. The van der Waals surface area contributed by atoms with Crippen molar-refractivity contribution in [2.75, 3.05) is 6.61 Å². The molecule has 0 radical (unpaired) electrons. The standard InChI is InChI=1S/C23H30N3O9PS/c1-5-23(31)19(28)17(34-21(23)26-12-11-18(27)24-22(26)30)13-32-36(37,35-16-9-7-6-8-10-16)25-15(4)20(29)33-14(2)3/h5-12,14-15,17,19,21,28,31H,1,13H2,2-4H3,(H,25,37)(H,24,27,30)/t15-,17+,19+,21+,23+,36-/m0/s1. The van der Waals surface area contributed by atoms with Crippen LogP contribution in [-0.2, 0) is 30.6 Å². The molecule has 202 valence electrons. The third kappa shape index (κ3) is 6.82. The number of H-pyrrole nitrogens is 1. The molecule has 4 N–H and O–H groups in total. The Labute approximate surface area is 218 Å². The quantitative estimate of drug-likeness (QED) is 0.178. The lowest BCUT2D eigenvalue weighted by Gasteiger charge is -2.29. The fourth-order valence-corrected chi connectivity index (χ4v) is 5.97. The molecule has 0 saturated carbocycles. The molecular formula is C23H30N3O9PS. The van der Waals surface area contributed by atoms with Crippen molar-refractivity contribution in [3.63, 3.8) is 0 Å². The highest BCUT2D eigenvalue weighted by atomic mass is 32.5. The van der Waals surface area contributed by atoms with E-state index in [-0.39, 0.29) is 6.10 Å². The Morgan fingerprint density at radius 3 is 2.59 bits per heavy atom. The predicted octanol–water partition coefficient (Wildman–Crippen LogP) is 0.962. The molecule has 14 heteroatoms. The fraction of sp³-hybridized carbons (Fsp3) is 0.435. The Balaban J connectivity index is 1.83. The van der Waals surface area contributed by atoms with Gasteiger partial charge < -0.3 is 28.7 Å². The molecule has 0 bridgehead atoms. The number of nitrogens with zero attached hydrogens (tertiary/aromatic N) is 1. The minimum absolute atomic E-state index is 0.350. The number of aliphatic hydroxyl groups is 2. The minimum atomic E-state index is -3.46. The van der Waals surface area contributed by atoms with Crippen molar-refractivity contribution in [1.29, 1.82) is 0 Å². The molecule has 2 heterocycles. The van der Waals surface area contributed by atoms with Crippen LogP contribution >= 0.6 is 6.64 Å². The Hall–Kier alpha value is -2.64. The second kappa shape index (κ2) is 11.8. The molecule has 1 aromatic carbocycles. The van der Waals surface area contributed by atoms with E-state index in [4.69, 9.17) is 30.3 Å². The first-order valence-corrected chi connectivity index (χ1v) is 14.0. The van der Waals surface area contributed by atoms with Crippen molar-refractivity contribution in [3.8, 4) is 5.75 Å². The third-order valence-corrected chi connectivity index (χ3v) is 7.89. The van der Waals surface area contributed by atoms with Crippen LogP contribution in [0.3, 0.4) is 0 Å². The number of carbonyl (C=O) groups excluding carboxylic acids is 1. The molecule has 37 heavy (non-hydrogen) atoms. The molecule has 1 fully saturated rings. The van der Waals surface area contributed by atoms with Gasteiger partial charge in [-0.2, -0.15) is 0 Å². The van der Waals surface area contributed by atoms with Gasteiger partial charge in [-0.25, -0.2) is 9.88 Å². The van der Waals surface area contributed by atoms with Crippen molar-refractivity contribution in [3.05, 3.63) is 76.1 Å². The maximum Gasteiger partial charge on any atom is 0.330 e. The Bertz CT molecular complexity index is 1270. The predicted molar refractivity (Wildman–Crippen MR) is 138 cm³/mol. The average molecular weight is 556 g/mol. The molecule has 12 nitrogen and oxygen atoms in total. The summed E-state index contributed by atoms with van der Waals surface area (Å²) in [4.78, 5) is 38.2. The van der Waals surface area contributed by atoms with Crippen LogP contribution in [0, 0.1) is 0 Å². The van der Waals surface area contributed by atoms with Crippen LogP contribution in [0.25, 0.3) is 0 Å². The summed E-state index contributed by atoms with van der Waals surface area (Å²) in [6, 6.07) is 8.71. The maximum absolute atomic E-state index is 12.4. The Kier molecular flexibility index (Phi) is 9.24. The van der Waals surface area contributed by atoms with Crippen LogP contribution in [0.5, 0.6) is 5.75 Å². The monoisotopic (exact) mass is 555 g/mol. The van der Waals surface area contributed by atoms with E-state index in [1.807, 2.05) is 0 Å². The number of aromatic amines is 1. The summed E-state index contributed by atoms with van der Waals surface area (Å²) in [5, 5.41) is 24.8. The van der Waals surface area contributed by atoms with Gasteiger partial charge in [0.2, 0.25) is 0 Å². The molecule has 3 rings (SSSR count). The molecule has 0 amide bonds. The number of hydrogen-bond acceptors (Lipinski definition) is 10. The molecule has 1 aliphatic heterocycles. The molecule has 2 aromatic rings. The smallest absolute Gasteiger partial charge is 0.330 e. The number of para-hydroxylation sites is 1. The number of nitrogens with one attached hydrogen (secondary N) is 2. The van der Waals surface area contributed by atoms with Crippen LogP contribution in [0.4, 0.5) is 0 Å². The first-order valence-electron chi connectivity index (χ1n) is 11.4. The molecule has 1 saturated heterocycles. The summed E-state index contributed by atoms with van der Waals surface area (Å²) >= 11 is 5.64. The van der Waals surface area contributed by atoms with Gasteiger partial charge in [0.15, 0.2) is 11.8 Å². The highest BCUT2D eigenvalue weighted by molar-refractivity contribution is 8.09. The molecule has 0 aliphatic carbocycles. The van der Waals surface area contributed by atoms with Gasteiger partial charge in [0, 0.05) is 12.3 Å².